The Morgan fingerprint density at radius 2 is 1.33 bits per heavy atom. The molecule has 0 radical (unpaired) electrons. The lowest BCUT2D eigenvalue weighted by atomic mass is 10.0. The van der Waals surface area contributed by atoms with Gasteiger partial charge in [0.2, 0.25) is 0 Å². The maximum absolute atomic E-state index is 12.5. The Morgan fingerprint density at radius 1 is 0.815 bits per heavy atom. The van der Waals surface area contributed by atoms with Gasteiger partial charge in [-0.3, -0.25) is 9.35 Å². The second kappa shape index (κ2) is 8.16. The molecule has 27 heavy (non-hydrogen) atoms. The van der Waals surface area contributed by atoms with Gasteiger partial charge in [-0.1, -0.05) is 72.8 Å². The summed E-state index contributed by atoms with van der Waals surface area (Å²) < 4.78 is 33.3. The maximum atomic E-state index is 12.5. The van der Waals surface area contributed by atoms with Gasteiger partial charge in [0, 0.05) is 5.69 Å². The zero-order valence-corrected chi connectivity index (χ0v) is 15.3. The number of ketones is 1. The number of carbonyl (C=O) groups is 1. The van der Waals surface area contributed by atoms with Crippen LogP contribution in [0.1, 0.15) is 10.8 Å². The summed E-state index contributed by atoms with van der Waals surface area (Å²) in [6.07, 6.45) is 0. The molecule has 3 aromatic rings. The monoisotopic (exact) mass is 381 g/mol. The largest absolute Gasteiger partial charge is 0.378 e. The molecule has 0 saturated carbocycles. The van der Waals surface area contributed by atoms with Crippen molar-refractivity contribution < 1.29 is 17.8 Å². The molecular weight excluding hydrogens is 362 g/mol. The van der Waals surface area contributed by atoms with Crippen LogP contribution in [0.5, 0.6) is 0 Å². The molecule has 0 aliphatic rings. The van der Waals surface area contributed by atoms with Gasteiger partial charge < -0.3 is 5.32 Å². The highest BCUT2D eigenvalue weighted by atomic mass is 32.2. The topological polar surface area (TPSA) is 83.5 Å². The molecule has 0 aliphatic carbocycles. The average Bonchev–Trinajstić information content (AvgIpc) is 2.67. The summed E-state index contributed by atoms with van der Waals surface area (Å²) in [6.45, 7) is -0.213. The number of nitrogens with one attached hydrogen (secondary N) is 1. The van der Waals surface area contributed by atoms with Gasteiger partial charge in [-0.05, 0) is 28.8 Å². The molecule has 0 bridgehead atoms. The first-order chi connectivity index (χ1) is 12.9. The van der Waals surface area contributed by atoms with Crippen LogP contribution in [-0.4, -0.2) is 25.3 Å². The maximum Gasteiger partial charge on any atom is 0.279 e. The zero-order chi connectivity index (χ0) is 19.3. The summed E-state index contributed by atoms with van der Waals surface area (Å²) in [6, 6.07) is 25.1. The third kappa shape index (κ3) is 4.81. The molecule has 0 spiro atoms. The van der Waals surface area contributed by atoms with Gasteiger partial charge in [0.25, 0.3) is 10.1 Å². The first-order valence-corrected chi connectivity index (χ1v) is 9.89. The molecule has 1 unspecified atom stereocenters. The van der Waals surface area contributed by atoms with E-state index in [0.29, 0.717) is 5.69 Å². The van der Waals surface area contributed by atoms with Crippen molar-refractivity contribution in [2.45, 2.75) is 5.25 Å². The Bertz CT molecular complexity index is 1000. The molecule has 1 atom stereocenters. The highest BCUT2D eigenvalue weighted by Gasteiger charge is 2.32. The number of benzene rings is 3. The Balaban J connectivity index is 1.81. The van der Waals surface area contributed by atoms with Crippen molar-refractivity contribution in [2.24, 2.45) is 0 Å². The van der Waals surface area contributed by atoms with Crippen molar-refractivity contribution in [1.29, 1.82) is 0 Å². The van der Waals surface area contributed by atoms with E-state index in [9.17, 15) is 17.8 Å². The van der Waals surface area contributed by atoms with Crippen LogP contribution in [-0.2, 0) is 14.9 Å². The van der Waals surface area contributed by atoms with Crippen LogP contribution in [0.25, 0.3) is 11.1 Å². The molecule has 2 N–H and O–H groups in total. The SMILES string of the molecule is O=C(CNc1ccccc1)C(c1ccc(-c2ccccc2)cc1)S(=O)(=O)O. The van der Waals surface area contributed by atoms with E-state index in [-0.39, 0.29) is 12.1 Å². The standard InChI is InChI=1S/C21H19NO4S/c23-20(15-22-19-9-5-2-6-10-19)21(27(24,25)26)18-13-11-17(12-14-18)16-7-3-1-4-8-16/h1-14,21-22H,15H2,(H,24,25,26). The molecule has 3 rings (SSSR count). The normalized spacial score (nSPS) is 12.3. The molecule has 0 saturated heterocycles. The van der Waals surface area contributed by atoms with Gasteiger partial charge in [-0.2, -0.15) is 8.42 Å². The van der Waals surface area contributed by atoms with E-state index < -0.39 is 21.2 Å². The van der Waals surface area contributed by atoms with E-state index in [1.807, 2.05) is 36.4 Å². The lowest BCUT2D eigenvalue weighted by molar-refractivity contribution is -0.117. The second-order valence-electron chi connectivity index (χ2n) is 6.07. The van der Waals surface area contributed by atoms with Crippen LogP contribution >= 0.6 is 0 Å². The highest BCUT2D eigenvalue weighted by Crippen LogP contribution is 2.26. The first kappa shape index (κ1) is 18.8. The number of anilines is 1. The van der Waals surface area contributed by atoms with E-state index in [1.165, 1.54) is 0 Å². The Hall–Kier alpha value is -2.96. The minimum Gasteiger partial charge on any atom is -0.378 e. The second-order valence-corrected chi connectivity index (χ2v) is 7.57. The predicted octanol–water partition coefficient (Wildman–Crippen LogP) is 3.96. The fourth-order valence-electron chi connectivity index (χ4n) is 2.84. The lowest BCUT2D eigenvalue weighted by Crippen LogP contribution is -2.27. The zero-order valence-electron chi connectivity index (χ0n) is 14.4. The summed E-state index contributed by atoms with van der Waals surface area (Å²) in [7, 11) is -4.59. The van der Waals surface area contributed by atoms with Crippen LogP contribution in [0, 0.1) is 0 Å². The van der Waals surface area contributed by atoms with Crippen molar-refractivity contribution in [2.75, 3.05) is 11.9 Å². The first-order valence-electron chi connectivity index (χ1n) is 8.38. The molecular formula is C21H19NO4S. The average molecular weight is 381 g/mol. The number of carbonyl (C=O) groups excluding carboxylic acids is 1. The van der Waals surface area contributed by atoms with Crippen LogP contribution in [0.15, 0.2) is 84.9 Å². The molecule has 0 fully saturated rings. The number of para-hydroxylation sites is 1. The summed E-state index contributed by atoms with van der Waals surface area (Å²) in [5.41, 5.74) is 2.80. The summed E-state index contributed by atoms with van der Waals surface area (Å²) in [4.78, 5) is 12.5. The Kier molecular flexibility index (Phi) is 5.69. The van der Waals surface area contributed by atoms with Crippen molar-refractivity contribution in [1.82, 2.24) is 0 Å². The Labute approximate surface area is 158 Å². The quantitative estimate of drug-likeness (QED) is 0.605. The molecule has 0 heterocycles. The van der Waals surface area contributed by atoms with Gasteiger partial charge in [-0.15, -0.1) is 0 Å². The van der Waals surface area contributed by atoms with Gasteiger partial charge in [0.05, 0.1) is 6.54 Å². The third-order valence-electron chi connectivity index (χ3n) is 4.15. The van der Waals surface area contributed by atoms with Gasteiger partial charge in [-0.25, -0.2) is 0 Å². The fourth-order valence-corrected chi connectivity index (χ4v) is 3.76. The van der Waals surface area contributed by atoms with E-state index in [1.54, 1.807) is 48.5 Å². The van der Waals surface area contributed by atoms with Gasteiger partial charge >= 0.3 is 0 Å². The van der Waals surface area contributed by atoms with E-state index in [4.69, 9.17) is 0 Å². The van der Waals surface area contributed by atoms with Crippen LogP contribution in [0.2, 0.25) is 0 Å². The van der Waals surface area contributed by atoms with E-state index in [0.717, 1.165) is 11.1 Å². The Morgan fingerprint density at radius 3 is 1.89 bits per heavy atom. The van der Waals surface area contributed by atoms with Gasteiger partial charge in [0.1, 0.15) is 0 Å². The molecule has 3 aromatic carbocycles. The van der Waals surface area contributed by atoms with Crippen molar-refractivity contribution >= 4 is 21.6 Å². The van der Waals surface area contributed by atoms with Crippen molar-refractivity contribution in [3.05, 3.63) is 90.5 Å². The number of rotatable bonds is 7. The number of Topliss-reactive ketones (excluding diaryl/α,β-unsaturated/α-hetero) is 1. The summed E-state index contributed by atoms with van der Waals surface area (Å²) in [5, 5.41) is 1.25. The number of hydrogen-bond donors (Lipinski definition) is 2. The third-order valence-corrected chi connectivity index (χ3v) is 5.28. The molecule has 0 amide bonds. The highest BCUT2D eigenvalue weighted by molar-refractivity contribution is 7.86. The van der Waals surface area contributed by atoms with Gasteiger partial charge in [0.15, 0.2) is 11.0 Å². The lowest BCUT2D eigenvalue weighted by Gasteiger charge is -2.15. The molecule has 6 heteroatoms. The van der Waals surface area contributed by atoms with Crippen molar-refractivity contribution in [3.8, 4) is 11.1 Å². The minimum absolute atomic E-state index is 0.213. The van der Waals surface area contributed by atoms with E-state index >= 15 is 0 Å². The smallest absolute Gasteiger partial charge is 0.279 e. The number of hydrogen-bond acceptors (Lipinski definition) is 4. The van der Waals surface area contributed by atoms with Crippen LogP contribution in [0.3, 0.4) is 0 Å². The molecule has 138 valence electrons. The molecule has 0 aliphatic heterocycles. The predicted molar refractivity (Wildman–Crippen MR) is 106 cm³/mol. The minimum atomic E-state index is -4.59. The van der Waals surface area contributed by atoms with Crippen LogP contribution < -0.4 is 5.32 Å². The summed E-state index contributed by atoms with van der Waals surface area (Å²) >= 11 is 0. The molecule has 5 nitrogen and oxygen atoms in total. The van der Waals surface area contributed by atoms with E-state index in [2.05, 4.69) is 5.32 Å². The summed E-state index contributed by atoms with van der Waals surface area (Å²) in [5.74, 6) is -0.631. The molecule has 0 aromatic heterocycles. The fraction of sp³-hybridized carbons (Fsp3) is 0.0952. The van der Waals surface area contributed by atoms with Crippen molar-refractivity contribution in [3.63, 3.8) is 0 Å². The van der Waals surface area contributed by atoms with Crippen LogP contribution in [0.4, 0.5) is 5.69 Å².